The second kappa shape index (κ2) is 13.3. The molecule has 0 radical (unpaired) electrons. The summed E-state index contributed by atoms with van der Waals surface area (Å²) in [7, 11) is 0. The summed E-state index contributed by atoms with van der Waals surface area (Å²) < 4.78 is 2.61. The van der Waals surface area contributed by atoms with Crippen LogP contribution in [0.5, 0.6) is 0 Å². The van der Waals surface area contributed by atoms with Gasteiger partial charge in [-0.3, -0.25) is 0 Å². The zero-order valence-corrected chi connectivity index (χ0v) is 34.4. The Labute approximate surface area is 355 Å². The highest BCUT2D eigenvalue weighted by molar-refractivity contribution is 7.25. The zero-order chi connectivity index (χ0) is 40.0. The molecule has 2 aliphatic rings. The Bertz CT molecular complexity index is 3210. The molecule has 0 amide bonds. The van der Waals surface area contributed by atoms with Gasteiger partial charge in [-0.2, -0.15) is 0 Å². The van der Waals surface area contributed by atoms with Gasteiger partial charge in [0, 0.05) is 42.6 Å². The number of hydrogen-bond donors (Lipinski definition) is 0. The molecule has 1 heterocycles. The molecule has 0 bridgehead atoms. The fourth-order valence-electron chi connectivity index (χ4n) is 10.5. The molecule has 12 rings (SSSR count). The first kappa shape index (κ1) is 35.0. The van der Waals surface area contributed by atoms with Crippen LogP contribution < -0.4 is 4.90 Å². The second-order valence-corrected chi connectivity index (χ2v) is 17.9. The lowest BCUT2D eigenvalue weighted by Crippen LogP contribution is -2.30. The summed E-state index contributed by atoms with van der Waals surface area (Å²) in [4.78, 5) is 2.39. The summed E-state index contributed by atoms with van der Waals surface area (Å²) in [5.41, 5.74) is 18.8. The SMILES string of the molecule is CC1(C)c2cccc3c2-c2c1cccc2C3(c1ccccc1)c1cccc(-c2ccc(N(c3ccc(-c4ccccc4)cc3)c3ccc4c(c3)sc3ccccc34)cc2)c1. The van der Waals surface area contributed by atoms with Crippen molar-refractivity contribution < 1.29 is 0 Å². The highest BCUT2D eigenvalue weighted by atomic mass is 32.1. The van der Waals surface area contributed by atoms with E-state index in [-0.39, 0.29) is 5.41 Å². The fourth-order valence-corrected chi connectivity index (χ4v) is 11.7. The largest absolute Gasteiger partial charge is 0.310 e. The molecule has 0 aliphatic heterocycles. The number of nitrogens with zero attached hydrogens (tertiary/aromatic N) is 1. The van der Waals surface area contributed by atoms with Crippen LogP contribution in [0.4, 0.5) is 17.1 Å². The number of rotatable bonds is 7. The van der Waals surface area contributed by atoms with Crippen molar-refractivity contribution in [2.75, 3.05) is 4.90 Å². The summed E-state index contributed by atoms with van der Waals surface area (Å²) in [6.45, 7) is 4.77. The van der Waals surface area contributed by atoms with Gasteiger partial charge in [0.05, 0.1) is 5.41 Å². The first-order valence-electron chi connectivity index (χ1n) is 20.9. The Balaban J connectivity index is 0.979. The lowest BCUT2D eigenvalue weighted by atomic mass is 9.65. The van der Waals surface area contributed by atoms with Crippen LogP contribution >= 0.6 is 11.3 Å². The van der Waals surface area contributed by atoms with Crippen molar-refractivity contribution in [3.05, 3.63) is 246 Å². The van der Waals surface area contributed by atoms with Gasteiger partial charge in [-0.1, -0.05) is 178 Å². The minimum atomic E-state index is -0.432. The Morgan fingerprint density at radius 2 is 0.833 bits per heavy atom. The van der Waals surface area contributed by atoms with Crippen molar-refractivity contribution >= 4 is 48.6 Å². The molecule has 0 fully saturated rings. The van der Waals surface area contributed by atoms with E-state index in [0.717, 1.165) is 17.1 Å². The van der Waals surface area contributed by atoms with Gasteiger partial charge in [-0.05, 0) is 115 Å². The molecule has 0 unspecified atom stereocenters. The van der Waals surface area contributed by atoms with E-state index in [4.69, 9.17) is 0 Å². The quantitative estimate of drug-likeness (QED) is 0.156. The molecule has 1 nitrogen and oxygen atoms in total. The summed E-state index contributed by atoms with van der Waals surface area (Å²) in [6, 6.07) is 78.9. The third-order valence-electron chi connectivity index (χ3n) is 13.3. The molecule has 0 N–H and O–H groups in total. The van der Waals surface area contributed by atoms with E-state index in [0.29, 0.717) is 0 Å². The first-order valence-corrected chi connectivity index (χ1v) is 21.7. The molecule has 9 aromatic carbocycles. The van der Waals surface area contributed by atoms with Crippen molar-refractivity contribution in [2.24, 2.45) is 0 Å². The van der Waals surface area contributed by atoms with Crippen molar-refractivity contribution in [1.29, 1.82) is 0 Å². The highest BCUT2D eigenvalue weighted by Gasteiger charge is 2.52. The third kappa shape index (κ3) is 5.04. The molecule has 0 spiro atoms. The van der Waals surface area contributed by atoms with E-state index < -0.39 is 5.41 Å². The van der Waals surface area contributed by atoms with E-state index in [9.17, 15) is 0 Å². The highest BCUT2D eigenvalue weighted by Crippen LogP contribution is 2.64. The van der Waals surface area contributed by atoms with E-state index >= 15 is 0 Å². The zero-order valence-electron chi connectivity index (χ0n) is 33.6. The van der Waals surface area contributed by atoms with Gasteiger partial charge in [0.2, 0.25) is 0 Å². The smallest absolute Gasteiger partial charge is 0.0713 e. The summed E-state index contributed by atoms with van der Waals surface area (Å²) >= 11 is 1.86. The predicted octanol–water partition coefficient (Wildman–Crippen LogP) is 15.9. The minimum absolute atomic E-state index is 0.0371. The monoisotopic (exact) mass is 783 g/mol. The van der Waals surface area contributed by atoms with Gasteiger partial charge in [0.1, 0.15) is 0 Å². The van der Waals surface area contributed by atoms with E-state index in [1.54, 1.807) is 0 Å². The van der Waals surface area contributed by atoms with Crippen molar-refractivity contribution in [3.63, 3.8) is 0 Å². The topological polar surface area (TPSA) is 3.24 Å². The van der Waals surface area contributed by atoms with Gasteiger partial charge >= 0.3 is 0 Å². The molecule has 0 saturated carbocycles. The van der Waals surface area contributed by atoms with Crippen LogP contribution in [0.3, 0.4) is 0 Å². The maximum absolute atomic E-state index is 2.45. The molecule has 0 saturated heterocycles. The predicted molar refractivity (Wildman–Crippen MR) is 254 cm³/mol. The fraction of sp³-hybridized carbons (Fsp3) is 0.0690. The molecule has 0 atom stereocenters. The first-order chi connectivity index (χ1) is 29.5. The number of anilines is 3. The second-order valence-electron chi connectivity index (χ2n) is 16.9. The lowest BCUT2D eigenvalue weighted by Gasteiger charge is -2.36. The van der Waals surface area contributed by atoms with Gasteiger partial charge in [-0.25, -0.2) is 0 Å². The summed E-state index contributed by atoms with van der Waals surface area (Å²) in [6.07, 6.45) is 0. The Hall–Kier alpha value is -7.00. The van der Waals surface area contributed by atoms with Crippen LogP contribution in [0.15, 0.2) is 212 Å². The molecular formula is C58H41NS. The molecule has 10 aromatic rings. The normalized spacial score (nSPS) is 14.1. The van der Waals surface area contributed by atoms with Crippen molar-refractivity contribution in [3.8, 4) is 33.4 Å². The standard InChI is InChI=1S/C58H41NS/c1-57(2)49-21-12-23-51-55(49)56-50(57)22-13-24-52(56)58(51,42-17-7-4-8-18-42)43-19-11-16-41(36-43)40-28-32-45(33-29-40)59(44-30-26-39(27-31-44)38-14-5-3-6-15-38)46-34-35-48-47-20-9-10-25-53(47)60-54(48)37-46/h3-37H,1-2H3. The van der Waals surface area contributed by atoms with Crippen molar-refractivity contribution in [1.82, 2.24) is 0 Å². The van der Waals surface area contributed by atoms with E-state index in [1.165, 1.54) is 86.9 Å². The molecule has 60 heavy (non-hydrogen) atoms. The van der Waals surface area contributed by atoms with E-state index in [2.05, 4.69) is 231 Å². The minimum Gasteiger partial charge on any atom is -0.310 e. The third-order valence-corrected chi connectivity index (χ3v) is 14.5. The van der Waals surface area contributed by atoms with Crippen LogP contribution in [-0.2, 0) is 10.8 Å². The van der Waals surface area contributed by atoms with Crippen LogP contribution in [0.1, 0.15) is 47.2 Å². The van der Waals surface area contributed by atoms with Gasteiger partial charge < -0.3 is 4.90 Å². The van der Waals surface area contributed by atoms with Crippen LogP contribution in [0.25, 0.3) is 53.6 Å². The lowest BCUT2D eigenvalue weighted by molar-refractivity contribution is 0.652. The summed E-state index contributed by atoms with van der Waals surface area (Å²) in [5.74, 6) is 0. The van der Waals surface area contributed by atoms with E-state index in [1.807, 2.05) is 11.3 Å². The summed E-state index contributed by atoms with van der Waals surface area (Å²) in [5, 5.41) is 2.62. The molecular weight excluding hydrogens is 743 g/mol. The molecule has 284 valence electrons. The number of hydrogen-bond acceptors (Lipinski definition) is 2. The Morgan fingerprint density at radius 3 is 1.50 bits per heavy atom. The van der Waals surface area contributed by atoms with Crippen LogP contribution in [-0.4, -0.2) is 0 Å². The molecule has 1 aromatic heterocycles. The molecule has 2 heteroatoms. The maximum atomic E-state index is 2.45. The average Bonchev–Trinajstić information content (AvgIpc) is 3.92. The van der Waals surface area contributed by atoms with Gasteiger partial charge in [0.15, 0.2) is 0 Å². The number of thiophene rings is 1. The number of fused-ring (bicyclic) bond motifs is 3. The average molecular weight is 784 g/mol. The number of benzene rings is 9. The Kier molecular flexibility index (Phi) is 7.73. The maximum Gasteiger partial charge on any atom is 0.0713 e. The van der Waals surface area contributed by atoms with Crippen LogP contribution in [0, 0.1) is 0 Å². The van der Waals surface area contributed by atoms with Crippen molar-refractivity contribution in [2.45, 2.75) is 24.7 Å². The Morgan fingerprint density at radius 1 is 0.350 bits per heavy atom. The molecule has 2 aliphatic carbocycles. The van der Waals surface area contributed by atoms with Gasteiger partial charge in [-0.15, -0.1) is 11.3 Å². The van der Waals surface area contributed by atoms with Gasteiger partial charge in [0.25, 0.3) is 0 Å². The van der Waals surface area contributed by atoms with Crippen LogP contribution in [0.2, 0.25) is 0 Å².